The van der Waals surface area contributed by atoms with E-state index in [0.717, 1.165) is 69.2 Å². The molecule has 3 aliphatic heterocycles. The van der Waals surface area contributed by atoms with E-state index in [4.69, 9.17) is 20.9 Å². The molecular weight excluding hydrogens is 524 g/mol. The second-order valence-electron chi connectivity index (χ2n) is 10.0. The van der Waals surface area contributed by atoms with Crippen molar-refractivity contribution in [1.82, 2.24) is 19.8 Å². The highest BCUT2D eigenvalue weighted by Gasteiger charge is 2.37. The Morgan fingerprint density at radius 2 is 1.89 bits per heavy atom. The van der Waals surface area contributed by atoms with Crippen molar-refractivity contribution < 1.29 is 17.7 Å². The second-order valence-corrected chi connectivity index (χ2v) is 12.4. The lowest BCUT2D eigenvalue weighted by molar-refractivity contribution is 0.189. The first kappa shape index (κ1) is 23.8. The molecule has 8 nitrogen and oxygen atoms in total. The summed E-state index contributed by atoms with van der Waals surface area (Å²) in [6.45, 7) is 3.96. The van der Waals surface area contributed by atoms with Gasteiger partial charge < -0.3 is 14.6 Å². The number of fused-ring (bicyclic) bond motifs is 3. The van der Waals surface area contributed by atoms with Gasteiger partial charge in [0.2, 0.25) is 10.0 Å². The SMILES string of the molecule is Cc1ccc(S(=O)(=O)N2Cc3nccc(-c4cc(Cl)cc5c4O[C@@H](c4onc6c4CNCC6)C5)c3C2)cc1. The van der Waals surface area contributed by atoms with Crippen molar-refractivity contribution in [3.05, 3.63) is 93.1 Å². The third kappa shape index (κ3) is 3.84. The molecule has 2 aromatic carbocycles. The number of nitrogens with zero attached hydrogens (tertiary/aromatic N) is 3. The van der Waals surface area contributed by atoms with Crippen LogP contribution < -0.4 is 10.1 Å². The first-order valence-electron chi connectivity index (χ1n) is 12.6. The number of aromatic nitrogens is 2. The Labute approximate surface area is 225 Å². The molecule has 0 unspecified atom stereocenters. The monoisotopic (exact) mass is 548 g/mol. The van der Waals surface area contributed by atoms with Gasteiger partial charge in [0.25, 0.3) is 0 Å². The van der Waals surface area contributed by atoms with Crippen molar-refractivity contribution in [2.24, 2.45) is 0 Å². The molecule has 0 aliphatic carbocycles. The molecule has 0 saturated carbocycles. The van der Waals surface area contributed by atoms with Crippen LogP contribution in [0.1, 0.15) is 45.5 Å². The van der Waals surface area contributed by atoms with Crippen molar-refractivity contribution in [2.45, 2.75) is 50.4 Å². The molecule has 0 radical (unpaired) electrons. The minimum absolute atomic E-state index is 0.211. The quantitative estimate of drug-likeness (QED) is 0.394. The maximum absolute atomic E-state index is 13.4. The van der Waals surface area contributed by atoms with Crippen LogP contribution >= 0.6 is 11.6 Å². The van der Waals surface area contributed by atoms with Crippen LogP contribution in [-0.2, 0) is 42.5 Å². The molecule has 4 aromatic rings. The van der Waals surface area contributed by atoms with Crippen LogP contribution in [0.5, 0.6) is 5.75 Å². The summed E-state index contributed by atoms with van der Waals surface area (Å²) in [6.07, 6.45) is 2.87. The van der Waals surface area contributed by atoms with Crippen LogP contribution in [-0.4, -0.2) is 29.4 Å². The molecule has 0 saturated heterocycles. The Morgan fingerprint density at radius 1 is 1.05 bits per heavy atom. The van der Waals surface area contributed by atoms with Crippen molar-refractivity contribution in [1.29, 1.82) is 0 Å². The summed E-state index contributed by atoms with van der Waals surface area (Å²) in [4.78, 5) is 4.80. The standard InChI is InChI=1S/C28H25ClN4O4S/c1-16-2-4-19(5-3-16)38(34,35)33-14-23-20(6-9-31-25(23)15-33)21-12-18(29)10-17-11-26(36-27(17)21)28-22-13-30-8-7-24(22)32-37-28/h2-6,9-10,12,26,30H,7-8,11,13-15H2,1H3/t26-/m1/s1. The van der Waals surface area contributed by atoms with Crippen molar-refractivity contribution in [3.63, 3.8) is 0 Å². The summed E-state index contributed by atoms with van der Waals surface area (Å²) in [6, 6.07) is 12.6. The number of benzene rings is 2. The van der Waals surface area contributed by atoms with E-state index in [1.54, 1.807) is 18.3 Å². The summed E-state index contributed by atoms with van der Waals surface area (Å²) in [5.41, 5.74) is 7.35. The fraction of sp³-hybridized carbons (Fsp3) is 0.286. The van der Waals surface area contributed by atoms with Gasteiger partial charge in [-0.1, -0.05) is 34.5 Å². The van der Waals surface area contributed by atoms with Crippen LogP contribution in [0.15, 0.2) is 58.1 Å². The molecular formula is C28H25ClN4O4S. The molecule has 10 heteroatoms. The normalized spacial score (nSPS) is 18.6. The largest absolute Gasteiger partial charge is 0.481 e. The lowest BCUT2D eigenvalue weighted by Gasteiger charge is -2.17. The van der Waals surface area contributed by atoms with Crippen LogP contribution in [0.2, 0.25) is 5.02 Å². The predicted molar refractivity (Wildman–Crippen MR) is 141 cm³/mol. The zero-order valence-electron chi connectivity index (χ0n) is 20.7. The lowest BCUT2D eigenvalue weighted by atomic mass is 9.96. The highest BCUT2D eigenvalue weighted by atomic mass is 35.5. The fourth-order valence-corrected chi connectivity index (χ4v) is 7.23. The molecule has 194 valence electrons. The van der Waals surface area contributed by atoms with Gasteiger partial charge in [0.15, 0.2) is 11.9 Å². The Bertz CT molecular complexity index is 1680. The van der Waals surface area contributed by atoms with Gasteiger partial charge in [0, 0.05) is 60.4 Å². The highest BCUT2D eigenvalue weighted by molar-refractivity contribution is 7.89. The van der Waals surface area contributed by atoms with E-state index >= 15 is 0 Å². The summed E-state index contributed by atoms with van der Waals surface area (Å²) >= 11 is 6.59. The number of hydrogen-bond acceptors (Lipinski definition) is 7. The maximum Gasteiger partial charge on any atom is 0.243 e. The number of aryl methyl sites for hydroxylation is 1. The Hall–Kier alpha value is -3.24. The van der Waals surface area contributed by atoms with Crippen molar-refractivity contribution >= 4 is 21.6 Å². The van der Waals surface area contributed by atoms with E-state index < -0.39 is 10.0 Å². The number of hydrogen-bond donors (Lipinski definition) is 1. The summed E-state index contributed by atoms with van der Waals surface area (Å²) in [7, 11) is -3.68. The number of rotatable bonds is 4. The number of halogens is 1. The van der Waals surface area contributed by atoms with E-state index in [1.807, 2.05) is 37.3 Å². The average molecular weight is 549 g/mol. The first-order chi connectivity index (χ1) is 18.4. The van der Waals surface area contributed by atoms with Crippen LogP contribution in [0, 0.1) is 6.92 Å². The minimum atomic E-state index is -3.68. The minimum Gasteiger partial charge on any atom is -0.481 e. The highest BCUT2D eigenvalue weighted by Crippen LogP contribution is 2.47. The van der Waals surface area contributed by atoms with Gasteiger partial charge in [0.05, 0.1) is 22.8 Å². The molecule has 3 aliphatic rings. The summed E-state index contributed by atoms with van der Waals surface area (Å²) in [5.74, 6) is 1.49. The molecule has 7 rings (SSSR count). The molecule has 1 N–H and O–H groups in total. The maximum atomic E-state index is 13.4. The summed E-state index contributed by atoms with van der Waals surface area (Å²) in [5, 5.41) is 8.25. The zero-order chi connectivity index (χ0) is 26.0. The Balaban J connectivity index is 1.24. The molecule has 0 fully saturated rings. The summed E-state index contributed by atoms with van der Waals surface area (Å²) < 4.78 is 40.6. The molecule has 2 aromatic heterocycles. The fourth-order valence-electron chi connectivity index (χ4n) is 5.62. The van der Waals surface area contributed by atoms with Gasteiger partial charge in [-0.3, -0.25) is 4.98 Å². The average Bonchev–Trinajstić information content (AvgIpc) is 3.64. The number of sulfonamides is 1. The van der Waals surface area contributed by atoms with E-state index in [-0.39, 0.29) is 24.1 Å². The smallest absolute Gasteiger partial charge is 0.243 e. The molecule has 5 heterocycles. The number of pyridine rings is 1. The molecule has 0 spiro atoms. The molecule has 1 atom stereocenters. The lowest BCUT2D eigenvalue weighted by Crippen LogP contribution is -2.25. The third-order valence-electron chi connectivity index (χ3n) is 7.58. The Kier molecular flexibility index (Phi) is 5.59. The van der Waals surface area contributed by atoms with Gasteiger partial charge in [-0.2, -0.15) is 4.31 Å². The molecule has 0 amide bonds. The van der Waals surface area contributed by atoms with Gasteiger partial charge in [-0.05, 0) is 48.4 Å². The van der Waals surface area contributed by atoms with E-state index in [2.05, 4.69) is 15.5 Å². The van der Waals surface area contributed by atoms with Gasteiger partial charge in [-0.15, -0.1) is 0 Å². The second kappa shape index (κ2) is 8.91. The molecule has 0 bridgehead atoms. The third-order valence-corrected chi connectivity index (χ3v) is 9.61. The Morgan fingerprint density at radius 3 is 2.74 bits per heavy atom. The molecule has 38 heavy (non-hydrogen) atoms. The predicted octanol–water partition coefficient (Wildman–Crippen LogP) is 4.72. The van der Waals surface area contributed by atoms with Crippen LogP contribution in [0.4, 0.5) is 0 Å². The van der Waals surface area contributed by atoms with Gasteiger partial charge in [0.1, 0.15) is 5.75 Å². The van der Waals surface area contributed by atoms with E-state index in [1.165, 1.54) is 4.31 Å². The first-order valence-corrected chi connectivity index (χ1v) is 14.4. The number of ether oxygens (including phenoxy) is 1. The number of nitrogens with one attached hydrogen (secondary N) is 1. The van der Waals surface area contributed by atoms with E-state index in [9.17, 15) is 8.42 Å². The zero-order valence-corrected chi connectivity index (χ0v) is 22.3. The van der Waals surface area contributed by atoms with Crippen LogP contribution in [0.3, 0.4) is 0 Å². The van der Waals surface area contributed by atoms with Gasteiger partial charge >= 0.3 is 0 Å². The van der Waals surface area contributed by atoms with E-state index in [0.29, 0.717) is 18.0 Å². The topological polar surface area (TPSA) is 97.6 Å². The van der Waals surface area contributed by atoms with Crippen molar-refractivity contribution in [2.75, 3.05) is 6.54 Å². The van der Waals surface area contributed by atoms with Crippen molar-refractivity contribution in [3.8, 4) is 16.9 Å². The van der Waals surface area contributed by atoms with Crippen LogP contribution in [0.25, 0.3) is 11.1 Å². The van der Waals surface area contributed by atoms with Gasteiger partial charge in [-0.25, -0.2) is 8.42 Å².